The Hall–Kier alpha value is -3.38. The molecule has 0 aliphatic rings. The fraction of sp³-hybridized carbons (Fsp3) is 0.136. The maximum atomic E-state index is 13.0. The second-order valence-corrected chi connectivity index (χ2v) is 9.14. The number of hydrogen-bond donors (Lipinski definition) is 2. The Labute approximate surface area is 189 Å². The molecule has 0 bridgehead atoms. The van der Waals surface area contributed by atoms with Gasteiger partial charge in [-0.05, 0) is 42.0 Å². The first-order valence-electron chi connectivity index (χ1n) is 9.66. The molecule has 4 aromatic rings. The highest BCUT2D eigenvalue weighted by molar-refractivity contribution is 7.89. The van der Waals surface area contributed by atoms with E-state index in [1.54, 1.807) is 24.3 Å². The first-order valence-corrected chi connectivity index (χ1v) is 11.1. The summed E-state index contributed by atoms with van der Waals surface area (Å²) in [4.78, 5) is 7.14. The van der Waals surface area contributed by atoms with Gasteiger partial charge in [-0.15, -0.1) is 0 Å². The molecule has 0 amide bonds. The van der Waals surface area contributed by atoms with Gasteiger partial charge in [0, 0.05) is 12.1 Å². The summed E-state index contributed by atoms with van der Waals surface area (Å²) in [5.74, 6) is 0.502. The molecular formula is C22H15F6N3O2S. The monoisotopic (exact) mass is 499 g/mol. The van der Waals surface area contributed by atoms with Crippen molar-refractivity contribution in [3.63, 3.8) is 0 Å². The van der Waals surface area contributed by atoms with Crippen LogP contribution >= 0.6 is 0 Å². The normalized spacial score (nSPS) is 12.9. The van der Waals surface area contributed by atoms with Gasteiger partial charge in [0.25, 0.3) is 0 Å². The molecule has 0 radical (unpaired) electrons. The second kappa shape index (κ2) is 8.44. The number of nitrogens with zero attached hydrogens (tertiary/aromatic N) is 1. The number of alkyl halides is 6. The molecular weight excluding hydrogens is 484 g/mol. The summed E-state index contributed by atoms with van der Waals surface area (Å²) in [7, 11) is -4.26. The number of nitrogens with one attached hydrogen (secondary N) is 2. The van der Waals surface area contributed by atoms with Gasteiger partial charge in [-0.25, -0.2) is 18.1 Å². The number of rotatable bonds is 5. The molecule has 0 atom stereocenters. The maximum absolute atomic E-state index is 13.0. The smallest absolute Gasteiger partial charge is 0.338 e. The number of aromatic amines is 1. The van der Waals surface area contributed by atoms with Gasteiger partial charge in [0.15, 0.2) is 0 Å². The van der Waals surface area contributed by atoms with Crippen LogP contribution in [0.25, 0.3) is 22.4 Å². The van der Waals surface area contributed by atoms with Crippen LogP contribution in [0.1, 0.15) is 16.7 Å². The summed E-state index contributed by atoms with van der Waals surface area (Å²) in [6.45, 7) is -0.772. The van der Waals surface area contributed by atoms with Crippen molar-refractivity contribution in [1.29, 1.82) is 0 Å². The predicted octanol–water partition coefficient (Wildman–Crippen LogP) is 5.75. The third-order valence-electron chi connectivity index (χ3n) is 4.92. The van der Waals surface area contributed by atoms with Crippen LogP contribution in [0.3, 0.4) is 0 Å². The topological polar surface area (TPSA) is 74.8 Å². The molecule has 12 heteroatoms. The van der Waals surface area contributed by atoms with Crippen LogP contribution in [-0.4, -0.2) is 18.4 Å². The molecule has 178 valence electrons. The van der Waals surface area contributed by atoms with Crippen molar-refractivity contribution < 1.29 is 34.8 Å². The van der Waals surface area contributed by atoms with E-state index in [1.165, 1.54) is 18.2 Å². The Morgan fingerprint density at radius 1 is 0.824 bits per heavy atom. The minimum absolute atomic E-state index is 0.0194. The molecule has 0 aliphatic heterocycles. The van der Waals surface area contributed by atoms with Crippen LogP contribution in [-0.2, 0) is 28.9 Å². The molecule has 5 nitrogen and oxygen atoms in total. The quantitative estimate of drug-likeness (QED) is 0.344. The third kappa shape index (κ3) is 5.07. The van der Waals surface area contributed by atoms with Crippen LogP contribution in [0.15, 0.2) is 71.6 Å². The molecule has 0 saturated heterocycles. The molecule has 0 unspecified atom stereocenters. The maximum Gasteiger partial charge on any atom is 0.416 e. The summed E-state index contributed by atoms with van der Waals surface area (Å²) in [6.07, 6.45) is -10.1. The van der Waals surface area contributed by atoms with E-state index in [0.29, 0.717) is 29.0 Å². The molecule has 0 saturated carbocycles. The van der Waals surface area contributed by atoms with Crippen LogP contribution in [0.2, 0.25) is 0 Å². The minimum atomic E-state index is -5.03. The van der Waals surface area contributed by atoms with Crippen molar-refractivity contribution >= 4 is 21.1 Å². The van der Waals surface area contributed by atoms with Crippen molar-refractivity contribution in [2.24, 2.45) is 0 Å². The average molecular weight is 499 g/mol. The molecule has 4 rings (SSSR count). The van der Waals surface area contributed by atoms with Crippen LogP contribution in [0.4, 0.5) is 26.3 Å². The van der Waals surface area contributed by atoms with E-state index in [1.807, 2.05) is 6.07 Å². The van der Waals surface area contributed by atoms with E-state index >= 15 is 0 Å². The molecule has 34 heavy (non-hydrogen) atoms. The summed E-state index contributed by atoms with van der Waals surface area (Å²) >= 11 is 0. The Morgan fingerprint density at radius 3 is 2.03 bits per heavy atom. The minimum Gasteiger partial charge on any atom is -0.338 e. The Bertz CT molecular complexity index is 1410. The van der Waals surface area contributed by atoms with Gasteiger partial charge < -0.3 is 4.98 Å². The standard InChI is InChI=1S/C22H15F6N3O2S/c23-21(24,25)15-8-13(9-16(10-15)22(26,27)28)12-29-34(32,33)17-6-7-18-19(11-17)31-20(30-18)14-4-2-1-3-5-14/h1-11,29H,12H2,(H,30,31). The molecule has 2 N–H and O–H groups in total. The number of benzene rings is 3. The summed E-state index contributed by atoms with van der Waals surface area (Å²) in [6, 6.07) is 13.9. The van der Waals surface area contributed by atoms with Gasteiger partial charge in [-0.2, -0.15) is 26.3 Å². The molecule has 1 aromatic heterocycles. The zero-order chi connectivity index (χ0) is 24.7. The molecule has 3 aromatic carbocycles. The second-order valence-electron chi connectivity index (χ2n) is 7.37. The lowest BCUT2D eigenvalue weighted by Crippen LogP contribution is -2.24. The third-order valence-corrected chi connectivity index (χ3v) is 6.32. The molecule has 0 aliphatic carbocycles. The highest BCUT2D eigenvalue weighted by atomic mass is 32.2. The first kappa shape index (κ1) is 23.8. The van der Waals surface area contributed by atoms with Crippen LogP contribution in [0, 0.1) is 0 Å². The number of halogens is 6. The van der Waals surface area contributed by atoms with E-state index < -0.39 is 45.6 Å². The zero-order valence-electron chi connectivity index (χ0n) is 17.0. The fourth-order valence-electron chi connectivity index (χ4n) is 3.27. The summed E-state index contributed by atoms with van der Waals surface area (Å²) in [5, 5.41) is 0. The lowest BCUT2D eigenvalue weighted by atomic mass is 10.0. The Kier molecular flexibility index (Phi) is 5.90. The van der Waals surface area contributed by atoms with Gasteiger partial charge in [0.1, 0.15) is 5.82 Å². The lowest BCUT2D eigenvalue weighted by Gasteiger charge is -2.14. The van der Waals surface area contributed by atoms with Crippen molar-refractivity contribution in [2.75, 3.05) is 0 Å². The number of imidazole rings is 1. The van der Waals surface area contributed by atoms with Gasteiger partial charge in [0.05, 0.1) is 27.1 Å². The van der Waals surface area contributed by atoms with E-state index in [2.05, 4.69) is 14.7 Å². The molecule has 1 heterocycles. The van der Waals surface area contributed by atoms with Crippen LogP contribution in [0.5, 0.6) is 0 Å². The largest absolute Gasteiger partial charge is 0.416 e. The fourth-order valence-corrected chi connectivity index (χ4v) is 4.32. The number of fused-ring (bicyclic) bond motifs is 1. The van der Waals surface area contributed by atoms with Crippen molar-refractivity contribution in [2.45, 2.75) is 23.8 Å². The number of aromatic nitrogens is 2. The van der Waals surface area contributed by atoms with Gasteiger partial charge in [-0.1, -0.05) is 30.3 Å². The van der Waals surface area contributed by atoms with E-state index in [-0.39, 0.29) is 11.0 Å². The van der Waals surface area contributed by atoms with Crippen LogP contribution < -0.4 is 4.72 Å². The summed E-state index contributed by atoms with van der Waals surface area (Å²) < 4.78 is 106. The average Bonchev–Trinajstić information content (AvgIpc) is 3.20. The summed E-state index contributed by atoms with van der Waals surface area (Å²) in [5.41, 5.74) is -1.90. The first-order chi connectivity index (χ1) is 15.8. The lowest BCUT2D eigenvalue weighted by molar-refractivity contribution is -0.143. The molecule has 0 fully saturated rings. The Balaban J connectivity index is 1.61. The van der Waals surface area contributed by atoms with Gasteiger partial charge in [0.2, 0.25) is 10.0 Å². The predicted molar refractivity (Wildman–Crippen MR) is 112 cm³/mol. The SMILES string of the molecule is O=S(=O)(NCc1cc(C(F)(F)F)cc(C(F)(F)F)c1)c1ccc2nc(-c3ccccc3)[nH]c2c1. The van der Waals surface area contributed by atoms with Gasteiger partial charge in [-0.3, -0.25) is 0 Å². The van der Waals surface area contributed by atoms with E-state index in [9.17, 15) is 34.8 Å². The van der Waals surface area contributed by atoms with Crippen molar-refractivity contribution in [3.05, 3.63) is 83.4 Å². The van der Waals surface area contributed by atoms with Crippen molar-refractivity contribution in [1.82, 2.24) is 14.7 Å². The number of H-pyrrole nitrogens is 1. The van der Waals surface area contributed by atoms with Crippen molar-refractivity contribution in [3.8, 4) is 11.4 Å². The Morgan fingerprint density at radius 2 is 1.44 bits per heavy atom. The van der Waals surface area contributed by atoms with E-state index in [0.717, 1.165) is 5.56 Å². The van der Waals surface area contributed by atoms with E-state index in [4.69, 9.17) is 0 Å². The molecule has 0 spiro atoms. The number of sulfonamides is 1. The highest BCUT2D eigenvalue weighted by Gasteiger charge is 2.37. The highest BCUT2D eigenvalue weighted by Crippen LogP contribution is 2.36. The van der Waals surface area contributed by atoms with Gasteiger partial charge >= 0.3 is 12.4 Å². The zero-order valence-corrected chi connectivity index (χ0v) is 17.8. The number of hydrogen-bond acceptors (Lipinski definition) is 3.